The molecule has 1 fully saturated rings. The molecule has 1 aromatic rings. The first kappa shape index (κ1) is 14.8. The molecule has 2 N–H and O–H groups in total. The standard InChI is InChI=1S/C11H11F3N2O3S/c12-11(13,14)9(19)16-10-15-6(5-3-1-2-4-5)7(20-10)8(17)18/h5H,1-4H2,(H,17,18)(H,15,16,19). The van der Waals surface area contributed by atoms with E-state index in [9.17, 15) is 22.8 Å². The van der Waals surface area contributed by atoms with Crippen LogP contribution in [-0.4, -0.2) is 28.1 Å². The molecule has 20 heavy (non-hydrogen) atoms. The van der Waals surface area contributed by atoms with Crippen molar-refractivity contribution in [2.45, 2.75) is 37.8 Å². The Labute approximate surface area is 115 Å². The number of carboxylic acid groups (broad SMARTS) is 1. The fraction of sp³-hybridized carbons (Fsp3) is 0.545. The van der Waals surface area contributed by atoms with E-state index in [2.05, 4.69) is 4.98 Å². The van der Waals surface area contributed by atoms with E-state index in [-0.39, 0.29) is 21.6 Å². The smallest absolute Gasteiger partial charge is 0.471 e. The highest BCUT2D eigenvalue weighted by Crippen LogP contribution is 2.38. The van der Waals surface area contributed by atoms with Crippen molar-refractivity contribution in [3.05, 3.63) is 10.6 Å². The zero-order chi connectivity index (χ0) is 14.9. The first-order valence-corrected chi connectivity index (χ1v) is 6.73. The van der Waals surface area contributed by atoms with Crippen molar-refractivity contribution in [2.75, 3.05) is 5.32 Å². The highest BCUT2D eigenvalue weighted by Gasteiger charge is 2.39. The second kappa shape index (κ2) is 5.39. The van der Waals surface area contributed by atoms with Crippen molar-refractivity contribution in [1.82, 2.24) is 4.98 Å². The molecule has 110 valence electrons. The molecule has 5 nitrogen and oxygen atoms in total. The Morgan fingerprint density at radius 2 is 1.90 bits per heavy atom. The topological polar surface area (TPSA) is 79.3 Å². The number of anilines is 1. The number of rotatable bonds is 3. The van der Waals surface area contributed by atoms with E-state index in [1.54, 1.807) is 5.32 Å². The van der Waals surface area contributed by atoms with E-state index >= 15 is 0 Å². The van der Waals surface area contributed by atoms with Crippen molar-refractivity contribution < 1.29 is 27.9 Å². The van der Waals surface area contributed by atoms with E-state index in [0.717, 1.165) is 25.7 Å². The molecule has 0 unspecified atom stereocenters. The van der Waals surface area contributed by atoms with Crippen LogP contribution in [0.15, 0.2) is 0 Å². The lowest BCUT2D eigenvalue weighted by Gasteiger charge is -2.06. The molecule has 0 aliphatic heterocycles. The molecule has 0 spiro atoms. The van der Waals surface area contributed by atoms with Crippen molar-refractivity contribution >= 4 is 28.3 Å². The fourth-order valence-corrected chi connectivity index (χ4v) is 3.07. The van der Waals surface area contributed by atoms with Crippen molar-refractivity contribution in [3.8, 4) is 0 Å². The number of carbonyl (C=O) groups is 2. The Hall–Kier alpha value is -1.64. The van der Waals surface area contributed by atoms with Gasteiger partial charge in [0, 0.05) is 5.92 Å². The third-order valence-electron chi connectivity index (χ3n) is 3.07. The Kier molecular flexibility index (Phi) is 3.98. The average molecular weight is 308 g/mol. The summed E-state index contributed by atoms with van der Waals surface area (Å²) in [6.45, 7) is 0. The molecular weight excluding hydrogens is 297 g/mol. The summed E-state index contributed by atoms with van der Waals surface area (Å²) in [5.74, 6) is -3.45. The number of nitrogens with one attached hydrogen (secondary N) is 1. The monoisotopic (exact) mass is 308 g/mol. The molecule has 1 aliphatic rings. The molecule has 1 amide bonds. The van der Waals surface area contributed by atoms with Crippen molar-refractivity contribution in [3.63, 3.8) is 0 Å². The molecule has 1 heterocycles. The van der Waals surface area contributed by atoms with Gasteiger partial charge in [0.05, 0.1) is 5.69 Å². The Bertz CT molecular complexity index is 536. The summed E-state index contributed by atoms with van der Waals surface area (Å²) in [6.07, 6.45) is -1.63. The van der Waals surface area contributed by atoms with Crippen LogP contribution in [-0.2, 0) is 4.79 Å². The zero-order valence-electron chi connectivity index (χ0n) is 10.2. The molecule has 1 saturated carbocycles. The van der Waals surface area contributed by atoms with Gasteiger partial charge >= 0.3 is 18.1 Å². The number of amides is 1. The summed E-state index contributed by atoms with van der Waals surface area (Å²) in [5, 5.41) is 10.3. The highest BCUT2D eigenvalue weighted by atomic mass is 32.1. The van der Waals surface area contributed by atoms with Crippen LogP contribution in [0.25, 0.3) is 0 Å². The average Bonchev–Trinajstić information content (AvgIpc) is 2.94. The van der Waals surface area contributed by atoms with Crippen LogP contribution in [0.5, 0.6) is 0 Å². The minimum Gasteiger partial charge on any atom is -0.477 e. The second-order valence-corrected chi connectivity index (χ2v) is 5.47. The summed E-state index contributed by atoms with van der Waals surface area (Å²) >= 11 is 0.556. The fourth-order valence-electron chi connectivity index (χ4n) is 2.18. The Morgan fingerprint density at radius 1 is 1.30 bits per heavy atom. The first-order chi connectivity index (χ1) is 9.29. The predicted molar refractivity (Wildman–Crippen MR) is 65.0 cm³/mol. The maximum absolute atomic E-state index is 12.2. The Balaban J connectivity index is 2.25. The summed E-state index contributed by atoms with van der Waals surface area (Å²) < 4.78 is 36.5. The van der Waals surface area contributed by atoms with Crippen molar-refractivity contribution in [2.24, 2.45) is 0 Å². The third kappa shape index (κ3) is 3.09. The zero-order valence-corrected chi connectivity index (χ0v) is 11.0. The molecule has 0 atom stereocenters. The Morgan fingerprint density at radius 3 is 2.40 bits per heavy atom. The van der Waals surface area contributed by atoms with Gasteiger partial charge in [-0.2, -0.15) is 13.2 Å². The van der Waals surface area contributed by atoms with E-state index in [0.29, 0.717) is 11.3 Å². The minimum atomic E-state index is -5.03. The molecule has 2 rings (SSSR count). The van der Waals surface area contributed by atoms with E-state index < -0.39 is 18.1 Å². The molecule has 1 aliphatic carbocycles. The number of nitrogens with zero attached hydrogens (tertiary/aromatic N) is 1. The quantitative estimate of drug-likeness (QED) is 0.899. The number of carboxylic acids is 1. The SMILES string of the molecule is O=C(O)c1sc(NC(=O)C(F)(F)F)nc1C1CCCC1. The number of carbonyl (C=O) groups excluding carboxylic acids is 1. The first-order valence-electron chi connectivity index (χ1n) is 5.91. The summed E-state index contributed by atoms with van der Waals surface area (Å²) in [5.41, 5.74) is 0.275. The van der Waals surface area contributed by atoms with Crippen LogP contribution in [0.2, 0.25) is 0 Å². The lowest BCUT2D eigenvalue weighted by Crippen LogP contribution is -2.29. The van der Waals surface area contributed by atoms with Gasteiger partial charge in [-0.25, -0.2) is 9.78 Å². The largest absolute Gasteiger partial charge is 0.477 e. The van der Waals surface area contributed by atoms with Crippen LogP contribution in [0, 0.1) is 0 Å². The van der Waals surface area contributed by atoms with E-state index in [4.69, 9.17) is 5.11 Å². The number of hydrogen-bond donors (Lipinski definition) is 2. The number of halogens is 3. The van der Waals surface area contributed by atoms with Gasteiger partial charge in [-0.05, 0) is 12.8 Å². The number of aromatic nitrogens is 1. The van der Waals surface area contributed by atoms with Crippen LogP contribution in [0.3, 0.4) is 0 Å². The molecular formula is C11H11F3N2O3S. The van der Waals surface area contributed by atoms with Gasteiger partial charge in [0.1, 0.15) is 4.88 Å². The van der Waals surface area contributed by atoms with Gasteiger partial charge in [-0.15, -0.1) is 0 Å². The second-order valence-electron chi connectivity index (χ2n) is 4.47. The van der Waals surface area contributed by atoms with Gasteiger partial charge in [0.25, 0.3) is 0 Å². The van der Waals surface area contributed by atoms with Gasteiger partial charge < -0.3 is 5.11 Å². The molecule has 1 aromatic heterocycles. The summed E-state index contributed by atoms with van der Waals surface area (Å²) in [6, 6.07) is 0. The maximum Gasteiger partial charge on any atom is 0.471 e. The molecule has 0 radical (unpaired) electrons. The van der Waals surface area contributed by atoms with Gasteiger partial charge in [-0.3, -0.25) is 10.1 Å². The minimum absolute atomic E-state index is 0.0612. The lowest BCUT2D eigenvalue weighted by molar-refractivity contribution is -0.167. The number of hydrogen-bond acceptors (Lipinski definition) is 4. The van der Waals surface area contributed by atoms with E-state index in [1.165, 1.54) is 0 Å². The number of aromatic carboxylic acids is 1. The lowest BCUT2D eigenvalue weighted by atomic mass is 10.0. The van der Waals surface area contributed by atoms with E-state index in [1.807, 2.05) is 0 Å². The number of thiazole rings is 1. The van der Waals surface area contributed by atoms with Gasteiger partial charge in [0.15, 0.2) is 5.13 Å². The summed E-state index contributed by atoms with van der Waals surface area (Å²) in [7, 11) is 0. The third-order valence-corrected chi connectivity index (χ3v) is 4.04. The van der Waals surface area contributed by atoms with Gasteiger partial charge in [-0.1, -0.05) is 24.2 Å². The highest BCUT2D eigenvalue weighted by molar-refractivity contribution is 7.17. The van der Waals surface area contributed by atoms with Crippen LogP contribution in [0.4, 0.5) is 18.3 Å². The van der Waals surface area contributed by atoms with Crippen molar-refractivity contribution in [1.29, 1.82) is 0 Å². The van der Waals surface area contributed by atoms with Crippen LogP contribution >= 0.6 is 11.3 Å². The van der Waals surface area contributed by atoms with Crippen LogP contribution < -0.4 is 5.32 Å². The number of alkyl halides is 3. The summed E-state index contributed by atoms with van der Waals surface area (Å²) in [4.78, 5) is 25.7. The molecule has 0 saturated heterocycles. The van der Waals surface area contributed by atoms with Gasteiger partial charge in [0.2, 0.25) is 0 Å². The molecule has 0 bridgehead atoms. The predicted octanol–water partition coefficient (Wildman–Crippen LogP) is 3.00. The normalized spacial score (nSPS) is 16.4. The molecule has 9 heteroatoms. The van der Waals surface area contributed by atoms with Crippen LogP contribution in [0.1, 0.15) is 47.0 Å². The molecule has 0 aromatic carbocycles. The maximum atomic E-state index is 12.2.